The van der Waals surface area contributed by atoms with Crippen molar-refractivity contribution in [1.82, 2.24) is 14.8 Å². The number of hydrogen-bond donors (Lipinski definition) is 1. The van der Waals surface area contributed by atoms with Gasteiger partial charge in [0.05, 0.1) is 17.5 Å². The maximum atomic E-state index is 15.3. The fraction of sp³-hybridized carbons (Fsp3) is 0.345. The van der Waals surface area contributed by atoms with Gasteiger partial charge in [-0.2, -0.15) is 0 Å². The molecule has 1 spiro atoms. The molecule has 1 N–H and O–H groups in total. The van der Waals surface area contributed by atoms with Gasteiger partial charge in [0.1, 0.15) is 17.3 Å². The molecule has 2 aliphatic heterocycles. The SMILES string of the molecule is [C-]#[N+][C@@H]1C[C@@]2(CN1C(=O)[C@H](CC(C)C)N(C)C(=O)c1ccc3ncccc3c1F)C(=O)Nc1ccccc12. The largest absolute Gasteiger partial charge is 0.330 e. The van der Waals surface area contributed by atoms with Crippen LogP contribution < -0.4 is 5.32 Å². The van der Waals surface area contributed by atoms with Crippen LogP contribution in [0.5, 0.6) is 0 Å². The highest BCUT2D eigenvalue weighted by Crippen LogP contribution is 2.47. The number of pyridine rings is 1. The molecule has 2 aromatic carbocycles. The normalized spacial score (nSPS) is 20.9. The number of fused-ring (bicyclic) bond motifs is 3. The molecule has 0 bridgehead atoms. The lowest BCUT2D eigenvalue weighted by molar-refractivity contribution is -0.136. The van der Waals surface area contributed by atoms with E-state index in [1.54, 1.807) is 30.5 Å². The molecule has 3 atom stereocenters. The average molecular weight is 514 g/mol. The first-order valence-corrected chi connectivity index (χ1v) is 12.6. The minimum Gasteiger partial charge on any atom is -0.330 e. The number of amides is 3. The second kappa shape index (κ2) is 9.53. The first kappa shape index (κ1) is 25.3. The third-order valence-corrected chi connectivity index (χ3v) is 7.61. The average Bonchev–Trinajstić information content (AvgIpc) is 3.44. The van der Waals surface area contributed by atoms with Gasteiger partial charge in [-0.15, -0.1) is 0 Å². The van der Waals surface area contributed by atoms with Crippen LogP contribution in [0, 0.1) is 18.3 Å². The first-order chi connectivity index (χ1) is 18.2. The molecule has 0 unspecified atom stereocenters. The van der Waals surface area contributed by atoms with Gasteiger partial charge in [-0.3, -0.25) is 29.1 Å². The predicted octanol–water partition coefficient (Wildman–Crippen LogP) is 4.23. The zero-order valence-electron chi connectivity index (χ0n) is 21.4. The highest BCUT2D eigenvalue weighted by atomic mass is 19.1. The molecule has 3 aromatic rings. The van der Waals surface area contributed by atoms with Gasteiger partial charge in [-0.05, 0) is 48.2 Å². The van der Waals surface area contributed by atoms with E-state index in [0.717, 1.165) is 5.56 Å². The number of halogens is 1. The molecule has 1 fully saturated rings. The topological polar surface area (TPSA) is 87.0 Å². The Morgan fingerprint density at radius 2 is 2.00 bits per heavy atom. The van der Waals surface area contributed by atoms with E-state index in [0.29, 0.717) is 17.6 Å². The van der Waals surface area contributed by atoms with Crippen LogP contribution >= 0.6 is 0 Å². The van der Waals surface area contributed by atoms with Gasteiger partial charge in [0.2, 0.25) is 5.91 Å². The summed E-state index contributed by atoms with van der Waals surface area (Å²) in [5, 5.41) is 3.11. The lowest BCUT2D eigenvalue weighted by Crippen LogP contribution is -2.51. The van der Waals surface area contributed by atoms with Crippen molar-refractivity contribution in [1.29, 1.82) is 0 Å². The molecular weight excluding hydrogens is 485 g/mol. The molecule has 1 saturated heterocycles. The molecule has 194 valence electrons. The van der Waals surface area contributed by atoms with Crippen LogP contribution in [-0.2, 0) is 15.0 Å². The van der Waals surface area contributed by atoms with Crippen LogP contribution in [0.15, 0.2) is 54.7 Å². The second-order valence-corrected chi connectivity index (χ2v) is 10.4. The van der Waals surface area contributed by atoms with E-state index in [-0.39, 0.29) is 35.7 Å². The predicted molar refractivity (Wildman–Crippen MR) is 141 cm³/mol. The minimum absolute atomic E-state index is 0.0308. The second-order valence-electron chi connectivity index (χ2n) is 10.4. The van der Waals surface area contributed by atoms with Gasteiger partial charge in [0.15, 0.2) is 0 Å². The molecule has 5 rings (SSSR count). The Balaban J connectivity index is 1.48. The molecule has 3 amide bonds. The van der Waals surface area contributed by atoms with Crippen LogP contribution in [0.1, 0.15) is 42.6 Å². The summed E-state index contributed by atoms with van der Waals surface area (Å²) in [4.78, 5) is 51.2. The van der Waals surface area contributed by atoms with Crippen molar-refractivity contribution in [3.8, 4) is 0 Å². The number of carbonyl (C=O) groups is 3. The number of likely N-dealkylation sites (N-methyl/N-ethyl adjacent to an activating group) is 1. The van der Waals surface area contributed by atoms with Crippen molar-refractivity contribution in [2.75, 3.05) is 18.9 Å². The van der Waals surface area contributed by atoms with Gasteiger partial charge >= 0.3 is 6.17 Å². The number of anilines is 1. The van der Waals surface area contributed by atoms with E-state index in [2.05, 4.69) is 15.1 Å². The van der Waals surface area contributed by atoms with Crippen molar-refractivity contribution in [2.24, 2.45) is 5.92 Å². The summed E-state index contributed by atoms with van der Waals surface area (Å²) in [6, 6.07) is 12.5. The van der Waals surface area contributed by atoms with Crippen molar-refractivity contribution in [3.05, 3.63) is 83.1 Å². The molecular formula is C29H28FN5O3. The minimum atomic E-state index is -1.02. The fourth-order valence-electron chi connectivity index (χ4n) is 5.63. The van der Waals surface area contributed by atoms with Crippen LogP contribution in [0.25, 0.3) is 15.7 Å². The lowest BCUT2D eigenvalue weighted by Gasteiger charge is -2.32. The number of hydrogen-bond acceptors (Lipinski definition) is 4. The summed E-state index contributed by atoms with van der Waals surface area (Å²) in [6.07, 6.45) is 1.17. The maximum absolute atomic E-state index is 15.3. The molecule has 8 nitrogen and oxygen atoms in total. The number of carbonyl (C=O) groups excluding carboxylic acids is 3. The summed E-state index contributed by atoms with van der Waals surface area (Å²) in [5.41, 5.74) is 0.701. The number of para-hydroxylation sites is 1. The van der Waals surface area contributed by atoms with E-state index in [1.165, 1.54) is 22.9 Å². The van der Waals surface area contributed by atoms with Crippen LogP contribution in [0.3, 0.4) is 0 Å². The Labute approximate surface area is 220 Å². The van der Waals surface area contributed by atoms with Gasteiger partial charge in [0, 0.05) is 30.9 Å². The van der Waals surface area contributed by atoms with Gasteiger partial charge in [-0.1, -0.05) is 32.0 Å². The summed E-state index contributed by atoms with van der Waals surface area (Å²) in [7, 11) is 1.48. The third kappa shape index (κ3) is 3.97. The zero-order chi connectivity index (χ0) is 27.2. The molecule has 0 aliphatic carbocycles. The van der Waals surface area contributed by atoms with Crippen molar-refractivity contribution in [2.45, 2.75) is 44.3 Å². The van der Waals surface area contributed by atoms with Crippen molar-refractivity contribution < 1.29 is 18.8 Å². The van der Waals surface area contributed by atoms with Crippen molar-refractivity contribution in [3.63, 3.8) is 0 Å². The van der Waals surface area contributed by atoms with Crippen LogP contribution in [0.2, 0.25) is 0 Å². The number of aromatic nitrogens is 1. The zero-order valence-corrected chi connectivity index (χ0v) is 21.4. The van der Waals surface area contributed by atoms with E-state index in [9.17, 15) is 14.4 Å². The number of nitrogens with one attached hydrogen (secondary N) is 1. The Bertz CT molecular complexity index is 1500. The lowest BCUT2D eigenvalue weighted by atomic mass is 9.80. The Hall–Kier alpha value is -4.32. The number of rotatable bonds is 5. The summed E-state index contributed by atoms with van der Waals surface area (Å²) >= 11 is 0. The Morgan fingerprint density at radius 3 is 2.74 bits per heavy atom. The molecule has 0 saturated carbocycles. The van der Waals surface area contributed by atoms with E-state index >= 15 is 4.39 Å². The summed E-state index contributed by atoms with van der Waals surface area (Å²) in [5.74, 6) is -1.96. The highest BCUT2D eigenvalue weighted by molar-refractivity contribution is 6.07. The number of benzene rings is 2. The van der Waals surface area contributed by atoms with E-state index < -0.39 is 35.3 Å². The molecule has 9 heteroatoms. The molecule has 1 aromatic heterocycles. The fourth-order valence-corrected chi connectivity index (χ4v) is 5.63. The van der Waals surface area contributed by atoms with E-state index in [1.807, 2.05) is 32.0 Å². The standard InChI is InChI=1S/C29H28FN5O3/c1-17(2)14-23(34(4)26(36)19-11-12-21-18(25(19)30)8-7-13-32-21)27(37)35-16-29(15-24(35)31-3)20-9-5-6-10-22(20)33-28(29)38/h5-13,17,23-24H,14-16H2,1-2,4H3,(H,33,38)/t23-,24-,29-/m0/s1. The Kier molecular flexibility index (Phi) is 6.35. The number of nitrogens with zero attached hydrogens (tertiary/aromatic N) is 4. The van der Waals surface area contributed by atoms with Gasteiger partial charge < -0.3 is 10.2 Å². The Morgan fingerprint density at radius 1 is 1.24 bits per heavy atom. The van der Waals surface area contributed by atoms with E-state index in [4.69, 9.17) is 6.57 Å². The highest BCUT2D eigenvalue weighted by Gasteiger charge is 2.59. The van der Waals surface area contributed by atoms with Crippen LogP contribution in [0.4, 0.5) is 10.1 Å². The first-order valence-electron chi connectivity index (χ1n) is 12.6. The van der Waals surface area contributed by atoms with Gasteiger partial charge in [-0.25, -0.2) is 11.0 Å². The number of likely N-dealkylation sites (tertiary alicyclic amines) is 1. The monoisotopic (exact) mass is 513 g/mol. The molecule has 0 radical (unpaired) electrons. The molecule has 3 heterocycles. The summed E-state index contributed by atoms with van der Waals surface area (Å²) < 4.78 is 15.3. The maximum Gasteiger partial charge on any atom is 0.302 e. The van der Waals surface area contributed by atoms with Crippen molar-refractivity contribution >= 4 is 34.3 Å². The van der Waals surface area contributed by atoms with Crippen LogP contribution in [-0.4, -0.2) is 58.3 Å². The quantitative estimate of drug-likeness (QED) is 0.518. The third-order valence-electron chi connectivity index (χ3n) is 7.61. The summed E-state index contributed by atoms with van der Waals surface area (Å²) in [6.45, 7) is 11.7. The molecule has 38 heavy (non-hydrogen) atoms. The van der Waals surface area contributed by atoms with Gasteiger partial charge in [0.25, 0.3) is 11.8 Å². The molecule has 2 aliphatic rings. The smallest absolute Gasteiger partial charge is 0.302 e.